The van der Waals surface area contributed by atoms with Crippen molar-refractivity contribution in [1.82, 2.24) is 4.90 Å². The quantitative estimate of drug-likeness (QED) is 0.784. The van der Waals surface area contributed by atoms with E-state index in [9.17, 15) is 14.0 Å². The van der Waals surface area contributed by atoms with Crippen molar-refractivity contribution >= 4 is 17.5 Å². The van der Waals surface area contributed by atoms with Gasteiger partial charge in [0.2, 0.25) is 11.8 Å². The molecule has 5 nitrogen and oxygen atoms in total. The Bertz CT molecular complexity index is 684. The lowest BCUT2D eigenvalue weighted by Crippen LogP contribution is -2.50. The first kappa shape index (κ1) is 17.7. The van der Waals surface area contributed by atoms with Gasteiger partial charge in [-0.1, -0.05) is 20.8 Å². The predicted molar refractivity (Wildman–Crippen MR) is 93.0 cm³/mol. The molecular weight excluding hydrogens is 323 g/mol. The molecule has 0 aromatic heterocycles. The van der Waals surface area contributed by atoms with Crippen LogP contribution in [-0.4, -0.2) is 43.0 Å². The summed E-state index contributed by atoms with van der Waals surface area (Å²) in [6, 6.07) is 4.23. The van der Waals surface area contributed by atoms with Gasteiger partial charge in [-0.25, -0.2) is 4.39 Å². The fraction of sp³-hybridized carbons (Fsp3) is 0.579. The Hall–Kier alpha value is -2.11. The summed E-state index contributed by atoms with van der Waals surface area (Å²) >= 11 is 0. The fourth-order valence-electron chi connectivity index (χ4n) is 3.48. The highest BCUT2D eigenvalue weighted by atomic mass is 19.1. The molecule has 2 aliphatic heterocycles. The first-order valence-electron chi connectivity index (χ1n) is 8.80. The Kier molecular flexibility index (Phi) is 4.71. The van der Waals surface area contributed by atoms with Crippen LogP contribution in [0.15, 0.2) is 18.2 Å². The molecule has 1 aromatic rings. The second-order valence-corrected chi connectivity index (χ2v) is 7.79. The number of ether oxygens (including phenoxy) is 1. The van der Waals surface area contributed by atoms with Gasteiger partial charge >= 0.3 is 0 Å². The molecule has 1 aromatic carbocycles. The second-order valence-electron chi connectivity index (χ2n) is 7.79. The molecule has 0 saturated carbocycles. The molecular formula is C19H25FN2O3. The third kappa shape index (κ3) is 3.62. The minimum atomic E-state index is -0.459. The Balaban J connectivity index is 1.78. The second kappa shape index (κ2) is 6.65. The number of anilines is 1. The van der Waals surface area contributed by atoms with Crippen LogP contribution in [0.2, 0.25) is 0 Å². The summed E-state index contributed by atoms with van der Waals surface area (Å²) in [4.78, 5) is 29.0. The summed E-state index contributed by atoms with van der Waals surface area (Å²) in [6.07, 6.45) is 1.55. The number of fused-ring (bicyclic) bond motifs is 1. The lowest BCUT2D eigenvalue weighted by atomic mass is 9.90. The van der Waals surface area contributed by atoms with E-state index in [1.54, 1.807) is 15.9 Å². The molecule has 1 fully saturated rings. The predicted octanol–water partition coefficient (Wildman–Crippen LogP) is 2.84. The standard InChI is InChI=1S/C19H25FN2O3/c1-19(2,3)18(24)21-8-4-5-13(12-21)17(23)22-9-10-25-16-7-6-14(20)11-15(16)22/h6-7,11,13H,4-5,8-10,12H2,1-3H3. The molecule has 2 amide bonds. The van der Waals surface area contributed by atoms with Gasteiger partial charge in [0.1, 0.15) is 18.2 Å². The van der Waals surface area contributed by atoms with Crippen molar-refractivity contribution in [3.8, 4) is 5.75 Å². The van der Waals surface area contributed by atoms with Crippen molar-refractivity contribution in [2.45, 2.75) is 33.6 Å². The monoisotopic (exact) mass is 348 g/mol. The van der Waals surface area contributed by atoms with Crippen molar-refractivity contribution in [1.29, 1.82) is 0 Å². The highest BCUT2D eigenvalue weighted by molar-refractivity contribution is 5.97. The summed E-state index contributed by atoms with van der Waals surface area (Å²) < 4.78 is 19.2. The summed E-state index contributed by atoms with van der Waals surface area (Å²) in [5.41, 5.74) is 0.0233. The van der Waals surface area contributed by atoms with Crippen LogP contribution in [0, 0.1) is 17.2 Å². The largest absolute Gasteiger partial charge is 0.490 e. The van der Waals surface area contributed by atoms with E-state index in [0.717, 1.165) is 12.8 Å². The molecule has 25 heavy (non-hydrogen) atoms. The number of hydrogen-bond donors (Lipinski definition) is 0. The fourth-order valence-corrected chi connectivity index (χ4v) is 3.48. The zero-order valence-corrected chi connectivity index (χ0v) is 15.0. The van der Waals surface area contributed by atoms with Crippen molar-refractivity contribution < 1.29 is 18.7 Å². The molecule has 0 radical (unpaired) electrons. The normalized spacial score (nSPS) is 20.7. The zero-order chi connectivity index (χ0) is 18.2. The zero-order valence-electron chi connectivity index (χ0n) is 15.0. The lowest BCUT2D eigenvalue weighted by Gasteiger charge is -2.38. The maximum atomic E-state index is 13.6. The van der Waals surface area contributed by atoms with Gasteiger partial charge in [-0.3, -0.25) is 9.59 Å². The Labute approximate surface area is 147 Å². The van der Waals surface area contributed by atoms with E-state index in [-0.39, 0.29) is 17.7 Å². The molecule has 1 unspecified atom stereocenters. The van der Waals surface area contributed by atoms with Gasteiger partial charge in [0.15, 0.2) is 0 Å². The SMILES string of the molecule is CC(C)(C)C(=O)N1CCCC(C(=O)N2CCOc3ccc(F)cc32)C1. The van der Waals surface area contributed by atoms with Crippen LogP contribution in [0.5, 0.6) is 5.75 Å². The molecule has 1 saturated heterocycles. The maximum absolute atomic E-state index is 13.6. The number of piperidine rings is 1. The number of halogens is 1. The van der Waals surface area contributed by atoms with Gasteiger partial charge in [-0.15, -0.1) is 0 Å². The smallest absolute Gasteiger partial charge is 0.232 e. The third-order valence-corrected chi connectivity index (χ3v) is 4.75. The maximum Gasteiger partial charge on any atom is 0.232 e. The van der Waals surface area contributed by atoms with Crippen molar-refractivity contribution in [2.75, 3.05) is 31.1 Å². The number of benzene rings is 1. The summed E-state index contributed by atoms with van der Waals surface area (Å²) in [6.45, 7) is 7.58. The molecule has 2 heterocycles. The highest BCUT2D eigenvalue weighted by Crippen LogP contribution is 2.34. The molecule has 0 N–H and O–H groups in total. The van der Waals surface area contributed by atoms with Crippen LogP contribution >= 0.6 is 0 Å². The van der Waals surface area contributed by atoms with E-state index in [0.29, 0.717) is 37.7 Å². The lowest BCUT2D eigenvalue weighted by molar-refractivity contribution is -0.142. The molecule has 0 bridgehead atoms. The van der Waals surface area contributed by atoms with Gasteiger partial charge in [0, 0.05) is 24.6 Å². The van der Waals surface area contributed by atoms with Crippen LogP contribution in [-0.2, 0) is 9.59 Å². The number of carbonyl (C=O) groups excluding carboxylic acids is 2. The highest BCUT2D eigenvalue weighted by Gasteiger charge is 2.36. The molecule has 1 atom stereocenters. The first-order valence-corrected chi connectivity index (χ1v) is 8.80. The van der Waals surface area contributed by atoms with Crippen LogP contribution in [0.4, 0.5) is 10.1 Å². The topological polar surface area (TPSA) is 49.9 Å². The van der Waals surface area contributed by atoms with Crippen molar-refractivity contribution in [3.63, 3.8) is 0 Å². The minimum absolute atomic E-state index is 0.0541. The Morgan fingerprint density at radius 3 is 2.72 bits per heavy atom. The van der Waals surface area contributed by atoms with Gasteiger partial charge in [-0.2, -0.15) is 0 Å². The average Bonchev–Trinajstić information content (AvgIpc) is 2.59. The van der Waals surface area contributed by atoms with Crippen LogP contribution in [0.1, 0.15) is 33.6 Å². The van der Waals surface area contributed by atoms with E-state index in [1.807, 2.05) is 20.8 Å². The van der Waals surface area contributed by atoms with E-state index in [1.165, 1.54) is 12.1 Å². The molecule has 6 heteroatoms. The number of nitrogens with zero attached hydrogens (tertiary/aromatic N) is 2. The van der Waals surface area contributed by atoms with Gasteiger partial charge in [-0.05, 0) is 25.0 Å². The molecule has 136 valence electrons. The van der Waals surface area contributed by atoms with E-state index in [4.69, 9.17) is 4.74 Å². The molecule has 3 rings (SSSR count). The average molecular weight is 348 g/mol. The number of likely N-dealkylation sites (tertiary alicyclic amines) is 1. The van der Waals surface area contributed by atoms with E-state index in [2.05, 4.69) is 0 Å². The van der Waals surface area contributed by atoms with E-state index < -0.39 is 11.2 Å². The number of amides is 2. The summed E-state index contributed by atoms with van der Waals surface area (Å²) in [5.74, 6) is -0.107. The van der Waals surface area contributed by atoms with Gasteiger partial charge in [0.25, 0.3) is 0 Å². The van der Waals surface area contributed by atoms with Gasteiger partial charge < -0.3 is 14.5 Å². The minimum Gasteiger partial charge on any atom is -0.490 e. The first-order chi connectivity index (χ1) is 11.8. The van der Waals surface area contributed by atoms with Crippen LogP contribution < -0.4 is 9.64 Å². The number of hydrogen-bond acceptors (Lipinski definition) is 3. The van der Waals surface area contributed by atoms with Crippen molar-refractivity contribution in [3.05, 3.63) is 24.0 Å². The number of rotatable bonds is 1. The van der Waals surface area contributed by atoms with E-state index >= 15 is 0 Å². The molecule has 2 aliphatic rings. The summed E-state index contributed by atoms with van der Waals surface area (Å²) in [5, 5.41) is 0. The summed E-state index contributed by atoms with van der Waals surface area (Å²) in [7, 11) is 0. The Morgan fingerprint density at radius 2 is 2.00 bits per heavy atom. The van der Waals surface area contributed by atoms with Crippen molar-refractivity contribution in [2.24, 2.45) is 11.3 Å². The van der Waals surface area contributed by atoms with Crippen LogP contribution in [0.25, 0.3) is 0 Å². The molecule has 0 aliphatic carbocycles. The Morgan fingerprint density at radius 1 is 1.24 bits per heavy atom. The number of carbonyl (C=O) groups is 2. The third-order valence-electron chi connectivity index (χ3n) is 4.75. The van der Waals surface area contributed by atoms with Crippen LogP contribution in [0.3, 0.4) is 0 Å². The molecule has 0 spiro atoms. The van der Waals surface area contributed by atoms with Gasteiger partial charge in [0.05, 0.1) is 18.2 Å².